The third-order valence-electron chi connectivity index (χ3n) is 3.89. The summed E-state index contributed by atoms with van der Waals surface area (Å²) in [6.45, 7) is 6.48. The standard InChI is InChI=1S/C19H22N6O/c1-4-21-18-16(14-10-11-15(26)25(24-14)12(2)3)17(22-19(20)23-18)13-8-6-5-7-9-13/h5-12H,4H2,1-3H3,(H3,20,21,22,23). The number of nitrogens with two attached hydrogens (primary N) is 1. The highest BCUT2D eigenvalue weighted by molar-refractivity contribution is 5.87. The van der Waals surface area contributed by atoms with E-state index in [0.717, 1.165) is 11.1 Å². The zero-order valence-electron chi connectivity index (χ0n) is 15.1. The second-order valence-electron chi connectivity index (χ2n) is 6.15. The Morgan fingerprint density at radius 3 is 2.50 bits per heavy atom. The maximum atomic E-state index is 12.1. The van der Waals surface area contributed by atoms with Gasteiger partial charge in [0.25, 0.3) is 5.56 Å². The molecule has 3 rings (SSSR count). The van der Waals surface area contributed by atoms with Crippen molar-refractivity contribution in [2.75, 3.05) is 17.6 Å². The molecule has 0 aliphatic heterocycles. The normalized spacial score (nSPS) is 10.9. The Hall–Kier alpha value is -3.22. The summed E-state index contributed by atoms with van der Waals surface area (Å²) in [5.74, 6) is 0.779. The minimum Gasteiger partial charge on any atom is -0.370 e. The van der Waals surface area contributed by atoms with Crippen LogP contribution in [0, 0.1) is 0 Å². The second kappa shape index (κ2) is 7.35. The van der Waals surface area contributed by atoms with Crippen LogP contribution in [0.2, 0.25) is 0 Å². The first-order chi connectivity index (χ1) is 12.5. The molecule has 1 aromatic carbocycles. The van der Waals surface area contributed by atoms with E-state index in [1.165, 1.54) is 10.7 Å². The van der Waals surface area contributed by atoms with Crippen molar-refractivity contribution < 1.29 is 0 Å². The van der Waals surface area contributed by atoms with Crippen LogP contribution in [-0.4, -0.2) is 26.3 Å². The van der Waals surface area contributed by atoms with Crippen LogP contribution in [0.25, 0.3) is 22.5 Å². The Bertz CT molecular complexity index is 966. The highest BCUT2D eigenvalue weighted by Gasteiger charge is 2.19. The van der Waals surface area contributed by atoms with Crippen LogP contribution in [0.4, 0.5) is 11.8 Å². The largest absolute Gasteiger partial charge is 0.370 e. The lowest BCUT2D eigenvalue weighted by atomic mass is 10.0. The molecule has 7 nitrogen and oxygen atoms in total. The smallest absolute Gasteiger partial charge is 0.267 e. The van der Waals surface area contributed by atoms with Crippen molar-refractivity contribution in [3.05, 3.63) is 52.8 Å². The Kier molecular flexibility index (Phi) is 4.97. The number of rotatable bonds is 5. The molecular formula is C19H22N6O. The number of nitrogens with zero attached hydrogens (tertiary/aromatic N) is 4. The average Bonchev–Trinajstić information content (AvgIpc) is 2.63. The summed E-state index contributed by atoms with van der Waals surface area (Å²) in [5.41, 5.74) is 8.71. The van der Waals surface area contributed by atoms with Gasteiger partial charge in [-0.15, -0.1) is 0 Å². The van der Waals surface area contributed by atoms with Gasteiger partial charge in [-0.1, -0.05) is 30.3 Å². The van der Waals surface area contributed by atoms with E-state index < -0.39 is 0 Å². The molecule has 0 radical (unpaired) electrons. The van der Waals surface area contributed by atoms with Crippen molar-refractivity contribution in [2.24, 2.45) is 0 Å². The molecule has 0 saturated heterocycles. The first-order valence-electron chi connectivity index (χ1n) is 8.58. The fourth-order valence-corrected chi connectivity index (χ4v) is 2.75. The summed E-state index contributed by atoms with van der Waals surface area (Å²) in [7, 11) is 0. The predicted molar refractivity (Wildman–Crippen MR) is 104 cm³/mol. The minimum absolute atomic E-state index is 0.0556. The molecule has 3 N–H and O–H groups in total. The Morgan fingerprint density at radius 2 is 1.85 bits per heavy atom. The molecule has 0 aliphatic carbocycles. The first kappa shape index (κ1) is 17.6. The van der Waals surface area contributed by atoms with Crippen LogP contribution in [0.5, 0.6) is 0 Å². The molecule has 0 bridgehead atoms. The number of benzene rings is 1. The van der Waals surface area contributed by atoms with Gasteiger partial charge in [0.1, 0.15) is 5.82 Å². The molecule has 0 aliphatic rings. The lowest BCUT2D eigenvalue weighted by Gasteiger charge is -2.16. The summed E-state index contributed by atoms with van der Waals surface area (Å²) < 4.78 is 1.45. The van der Waals surface area contributed by atoms with Gasteiger partial charge in [0.2, 0.25) is 5.95 Å². The number of aromatic nitrogens is 4. The molecule has 0 amide bonds. The maximum absolute atomic E-state index is 12.1. The van der Waals surface area contributed by atoms with E-state index in [0.29, 0.717) is 23.8 Å². The lowest BCUT2D eigenvalue weighted by molar-refractivity contribution is 0.505. The van der Waals surface area contributed by atoms with Crippen molar-refractivity contribution in [1.82, 2.24) is 19.7 Å². The van der Waals surface area contributed by atoms with Gasteiger partial charge in [0, 0.05) is 18.2 Å². The van der Waals surface area contributed by atoms with Crippen molar-refractivity contribution >= 4 is 11.8 Å². The van der Waals surface area contributed by atoms with Crippen LogP contribution in [0.3, 0.4) is 0 Å². The van der Waals surface area contributed by atoms with Crippen LogP contribution >= 0.6 is 0 Å². The monoisotopic (exact) mass is 350 g/mol. The van der Waals surface area contributed by atoms with Gasteiger partial charge in [0.05, 0.1) is 23.0 Å². The summed E-state index contributed by atoms with van der Waals surface area (Å²) in [4.78, 5) is 20.9. The fraction of sp³-hybridized carbons (Fsp3) is 0.263. The maximum Gasteiger partial charge on any atom is 0.267 e. The van der Waals surface area contributed by atoms with Crippen LogP contribution in [0.15, 0.2) is 47.3 Å². The van der Waals surface area contributed by atoms with Crippen molar-refractivity contribution in [3.8, 4) is 22.5 Å². The third-order valence-corrected chi connectivity index (χ3v) is 3.89. The summed E-state index contributed by atoms with van der Waals surface area (Å²) in [5, 5.41) is 7.77. The first-order valence-corrected chi connectivity index (χ1v) is 8.58. The molecule has 7 heteroatoms. The van der Waals surface area contributed by atoms with Gasteiger partial charge < -0.3 is 11.1 Å². The molecule has 2 heterocycles. The topological polar surface area (TPSA) is 98.7 Å². The zero-order valence-corrected chi connectivity index (χ0v) is 15.1. The van der Waals surface area contributed by atoms with Crippen molar-refractivity contribution in [1.29, 1.82) is 0 Å². The highest BCUT2D eigenvalue weighted by atomic mass is 16.1. The molecule has 0 spiro atoms. The predicted octanol–water partition coefficient (Wildman–Crippen LogP) is 2.96. The minimum atomic E-state index is -0.147. The molecule has 0 unspecified atom stereocenters. The van der Waals surface area contributed by atoms with Gasteiger partial charge in [-0.3, -0.25) is 4.79 Å². The van der Waals surface area contributed by atoms with Gasteiger partial charge in [-0.05, 0) is 26.8 Å². The van der Waals surface area contributed by atoms with E-state index in [2.05, 4.69) is 20.4 Å². The van der Waals surface area contributed by atoms with E-state index in [1.54, 1.807) is 6.07 Å². The molecule has 134 valence electrons. The molecule has 2 aromatic heterocycles. The van der Waals surface area contributed by atoms with Gasteiger partial charge >= 0.3 is 0 Å². The third kappa shape index (κ3) is 3.42. The van der Waals surface area contributed by atoms with Crippen LogP contribution in [-0.2, 0) is 0 Å². The SMILES string of the molecule is CCNc1nc(N)nc(-c2ccccc2)c1-c1ccc(=O)n(C(C)C)n1. The van der Waals surface area contributed by atoms with E-state index in [-0.39, 0.29) is 17.5 Å². The van der Waals surface area contributed by atoms with Gasteiger partial charge in [0.15, 0.2) is 0 Å². The lowest BCUT2D eigenvalue weighted by Crippen LogP contribution is -2.24. The molecule has 3 aromatic rings. The summed E-state index contributed by atoms with van der Waals surface area (Å²) >= 11 is 0. The highest BCUT2D eigenvalue weighted by Crippen LogP contribution is 2.34. The summed E-state index contributed by atoms with van der Waals surface area (Å²) in [6, 6.07) is 12.9. The number of nitrogen functional groups attached to an aromatic ring is 1. The number of anilines is 2. The zero-order chi connectivity index (χ0) is 18.7. The Morgan fingerprint density at radius 1 is 1.12 bits per heavy atom. The van der Waals surface area contributed by atoms with E-state index in [4.69, 9.17) is 5.73 Å². The van der Waals surface area contributed by atoms with E-state index in [1.807, 2.05) is 51.1 Å². The second-order valence-corrected chi connectivity index (χ2v) is 6.15. The number of hydrogen-bond donors (Lipinski definition) is 2. The van der Waals surface area contributed by atoms with Gasteiger partial charge in [-0.25, -0.2) is 9.67 Å². The van der Waals surface area contributed by atoms with Crippen molar-refractivity contribution in [2.45, 2.75) is 26.8 Å². The fourth-order valence-electron chi connectivity index (χ4n) is 2.75. The average molecular weight is 350 g/mol. The Balaban J connectivity index is 2.32. The quantitative estimate of drug-likeness (QED) is 0.734. The van der Waals surface area contributed by atoms with E-state index >= 15 is 0 Å². The Labute approximate surface area is 151 Å². The molecule has 26 heavy (non-hydrogen) atoms. The van der Waals surface area contributed by atoms with Crippen LogP contribution < -0.4 is 16.6 Å². The van der Waals surface area contributed by atoms with E-state index in [9.17, 15) is 4.79 Å². The number of hydrogen-bond acceptors (Lipinski definition) is 6. The van der Waals surface area contributed by atoms with Crippen molar-refractivity contribution in [3.63, 3.8) is 0 Å². The molecule has 0 saturated carbocycles. The number of nitrogens with one attached hydrogen (secondary N) is 1. The molecule has 0 fully saturated rings. The molecule has 0 atom stereocenters. The molecular weight excluding hydrogens is 328 g/mol. The van der Waals surface area contributed by atoms with Gasteiger partial charge in [-0.2, -0.15) is 10.1 Å². The van der Waals surface area contributed by atoms with Crippen LogP contribution in [0.1, 0.15) is 26.8 Å². The summed E-state index contributed by atoms with van der Waals surface area (Å²) in [6.07, 6.45) is 0.